The Morgan fingerprint density at radius 1 is 1.29 bits per heavy atom. The summed E-state index contributed by atoms with van der Waals surface area (Å²) in [7, 11) is 0. The Morgan fingerprint density at radius 2 is 2.10 bits per heavy atom. The van der Waals surface area contributed by atoms with Crippen LogP contribution < -0.4 is 5.76 Å². The molecule has 21 heavy (non-hydrogen) atoms. The van der Waals surface area contributed by atoms with Crippen molar-refractivity contribution in [1.82, 2.24) is 4.57 Å². The maximum atomic E-state index is 11.9. The lowest BCUT2D eigenvalue weighted by Gasteiger charge is -2.20. The van der Waals surface area contributed by atoms with Crippen LogP contribution in [0.4, 0.5) is 0 Å². The molecule has 0 unspecified atom stereocenters. The van der Waals surface area contributed by atoms with E-state index in [4.69, 9.17) is 9.15 Å². The normalized spacial score (nSPS) is 18.9. The lowest BCUT2D eigenvalue weighted by atomic mass is 9.96. The highest BCUT2D eigenvalue weighted by Gasteiger charge is 2.26. The molecule has 0 radical (unpaired) electrons. The molecule has 6 nitrogen and oxygen atoms in total. The van der Waals surface area contributed by atoms with Crippen molar-refractivity contribution in [1.29, 1.82) is 0 Å². The van der Waals surface area contributed by atoms with Crippen LogP contribution in [-0.4, -0.2) is 22.4 Å². The third kappa shape index (κ3) is 2.74. The van der Waals surface area contributed by atoms with Crippen LogP contribution in [0.25, 0.3) is 11.1 Å². The Kier molecular flexibility index (Phi) is 3.60. The minimum Gasteiger partial charge on any atom is -0.453 e. The van der Waals surface area contributed by atoms with Gasteiger partial charge in [-0.15, -0.1) is 0 Å². The molecule has 1 aliphatic carbocycles. The predicted molar refractivity (Wildman–Crippen MR) is 73.8 cm³/mol. The zero-order valence-electron chi connectivity index (χ0n) is 11.4. The van der Waals surface area contributed by atoms with Crippen molar-refractivity contribution in [2.45, 2.75) is 38.3 Å². The zero-order chi connectivity index (χ0) is 14.8. The standard InChI is InChI=1S/C15H15NO5/c17-11-6-2-4-8-13(11)20-14(18)9-16-10-5-1-3-7-12(10)21-15(16)19/h1,3,5,7,13H,2,4,6,8-9H2/t13-/m0/s1. The number of hydrogen-bond acceptors (Lipinski definition) is 5. The van der Waals surface area contributed by atoms with E-state index in [1.807, 2.05) is 0 Å². The zero-order valence-corrected chi connectivity index (χ0v) is 11.4. The summed E-state index contributed by atoms with van der Waals surface area (Å²) in [6.07, 6.45) is 2.06. The second-order valence-electron chi connectivity index (χ2n) is 5.11. The number of carbonyl (C=O) groups is 2. The number of carbonyl (C=O) groups excluding carboxylic acids is 2. The van der Waals surface area contributed by atoms with Crippen molar-refractivity contribution >= 4 is 22.9 Å². The maximum Gasteiger partial charge on any atom is 0.420 e. The molecule has 0 bridgehead atoms. The molecule has 0 aliphatic heterocycles. The van der Waals surface area contributed by atoms with E-state index >= 15 is 0 Å². The SMILES string of the molecule is O=C(Cn1c(=O)oc2ccccc21)O[C@H]1CCCCC1=O. The van der Waals surface area contributed by atoms with Gasteiger partial charge in [0.2, 0.25) is 0 Å². The van der Waals surface area contributed by atoms with Crippen LogP contribution in [0.3, 0.4) is 0 Å². The molecule has 0 saturated heterocycles. The van der Waals surface area contributed by atoms with E-state index < -0.39 is 17.8 Å². The van der Waals surface area contributed by atoms with Crippen LogP contribution >= 0.6 is 0 Å². The fraction of sp³-hybridized carbons (Fsp3) is 0.400. The lowest BCUT2D eigenvalue weighted by Crippen LogP contribution is -2.32. The second-order valence-corrected chi connectivity index (χ2v) is 5.11. The number of ketones is 1. The van der Waals surface area contributed by atoms with Gasteiger partial charge in [0.15, 0.2) is 17.5 Å². The van der Waals surface area contributed by atoms with Gasteiger partial charge in [-0.25, -0.2) is 4.79 Å². The van der Waals surface area contributed by atoms with E-state index in [2.05, 4.69) is 0 Å². The molecular formula is C15H15NO5. The number of Topliss-reactive ketones (excluding diaryl/α,β-unsaturated/α-hetero) is 1. The average Bonchev–Trinajstić information content (AvgIpc) is 2.78. The molecule has 1 aliphatic rings. The molecule has 1 aromatic carbocycles. The summed E-state index contributed by atoms with van der Waals surface area (Å²) in [4.78, 5) is 35.3. The Bertz CT molecular complexity index is 742. The van der Waals surface area contributed by atoms with Crippen molar-refractivity contribution in [3.63, 3.8) is 0 Å². The number of para-hydroxylation sites is 2. The number of oxazole rings is 1. The molecule has 0 N–H and O–H groups in total. The fourth-order valence-electron chi connectivity index (χ4n) is 2.56. The highest BCUT2D eigenvalue weighted by Crippen LogP contribution is 2.18. The van der Waals surface area contributed by atoms with Crippen LogP contribution in [-0.2, 0) is 20.9 Å². The lowest BCUT2D eigenvalue weighted by molar-refractivity contribution is -0.157. The third-order valence-electron chi connectivity index (χ3n) is 3.63. The minimum absolute atomic E-state index is 0.0426. The first-order chi connectivity index (χ1) is 10.1. The van der Waals surface area contributed by atoms with Crippen LogP contribution in [0.5, 0.6) is 0 Å². The summed E-state index contributed by atoms with van der Waals surface area (Å²) in [5.41, 5.74) is 0.957. The average molecular weight is 289 g/mol. The number of fused-ring (bicyclic) bond motifs is 1. The fourth-order valence-corrected chi connectivity index (χ4v) is 2.56. The van der Waals surface area contributed by atoms with Crippen molar-refractivity contribution < 1.29 is 18.7 Å². The van der Waals surface area contributed by atoms with Gasteiger partial charge >= 0.3 is 11.7 Å². The Labute approximate surface area is 120 Å². The van der Waals surface area contributed by atoms with Gasteiger partial charge in [-0.05, 0) is 31.4 Å². The van der Waals surface area contributed by atoms with Crippen LogP contribution in [0, 0.1) is 0 Å². The van der Waals surface area contributed by atoms with Crippen molar-refractivity contribution in [2.24, 2.45) is 0 Å². The molecule has 0 spiro atoms. The summed E-state index contributed by atoms with van der Waals surface area (Å²) in [6.45, 7) is -0.250. The first-order valence-electron chi connectivity index (χ1n) is 6.96. The van der Waals surface area contributed by atoms with E-state index in [9.17, 15) is 14.4 Å². The van der Waals surface area contributed by atoms with Gasteiger partial charge in [-0.3, -0.25) is 14.2 Å². The number of benzene rings is 1. The van der Waals surface area contributed by atoms with Gasteiger partial charge in [0.1, 0.15) is 6.54 Å². The number of aromatic nitrogens is 1. The maximum absolute atomic E-state index is 11.9. The Hall–Kier alpha value is -2.37. The summed E-state index contributed by atoms with van der Waals surface area (Å²) in [5.74, 6) is -1.24. The summed E-state index contributed by atoms with van der Waals surface area (Å²) >= 11 is 0. The molecule has 1 heterocycles. The van der Waals surface area contributed by atoms with Crippen LogP contribution in [0.1, 0.15) is 25.7 Å². The van der Waals surface area contributed by atoms with Crippen molar-refractivity contribution in [3.8, 4) is 0 Å². The van der Waals surface area contributed by atoms with Gasteiger partial charge in [0.05, 0.1) is 5.52 Å². The van der Waals surface area contributed by atoms with E-state index in [1.54, 1.807) is 24.3 Å². The number of rotatable bonds is 3. The highest BCUT2D eigenvalue weighted by atomic mass is 16.5. The van der Waals surface area contributed by atoms with Crippen molar-refractivity contribution in [3.05, 3.63) is 34.8 Å². The number of nitrogens with zero attached hydrogens (tertiary/aromatic N) is 1. The largest absolute Gasteiger partial charge is 0.453 e. The van der Waals surface area contributed by atoms with Crippen LogP contribution in [0.15, 0.2) is 33.5 Å². The molecule has 2 aromatic rings. The van der Waals surface area contributed by atoms with Gasteiger partial charge in [0.25, 0.3) is 0 Å². The molecule has 6 heteroatoms. The van der Waals surface area contributed by atoms with E-state index in [1.165, 1.54) is 4.57 Å². The molecular weight excluding hydrogens is 274 g/mol. The highest BCUT2D eigenvalue weighted by molar-refractivity contribution is 5.86. The molecule has 1 saturated carbocycles. The number of ether oxygens (including phenoxy) is 1. The molecule has 110 valence electrons. The van der Waals surface area contributed by atoms with Gasteiger partial charge in [0, 0.05) is 6.42 Å². The molecule has 1 atom stereocenters. The van der Waals surface area contributed by atoms with Crippen LogP contribution in [0.2, 0.25) is 0 Å². The first kappa shape index (κ1) is 13.6. The molecule has 1 aromatic heterocycles. The smallest absolute Gasteiger partial charge is 0.420 e. The Balaban J connectivity index is 1.76. The summed E-state index contributed by atoms with van der Waals surface area (Å²) < 4.78 is 11.4. The predicted octanol–water partition coefficient (Wildman–Crippen LogP) is 1.65. The van der Waals surface area contributed by atoms with Gasteiger partial charge in [-0.1, -0.05) is 12.1 Å². The third-order valence-corrected chi connectivity index (χ3v) is 3.63. The number of esters is 1. The topological polar surface area (TPSA) is 78.5 Å². The van der Waals surface area contributed by atoms with E-state index in [-0.39, 0.29) is 12.3 Å². The quantitative estimate of drug-likeness (QED) is 0.803. The second kappa shape index (κ2) is 5.55. The number of hydrogen-bond donors (Lipinski definition) is 0. The summed E-state index contributed by atoms with van der Waals surface area (Å²) in [6, 6.07) is 6.85. The first-order valence-corrected chi connectivity index (χ1v) is 6.96. The van der Waals surface area contributed by atoms with E-state index in [0.717, 1.165) is 12.8 Å². The minimum atomic E-state index is -0.667. The molecule has 1 fully saturated rings. The summed E-state index contributed by atoms with van der Waals surface area (Å²) in [5, 5.41) is 0. The molecule has 3 rings (SSSR count). The van der Waals surface area contributed by atoms with E-state index in [0.29, 0.717) is 23.9 Å². The Morgan fingerprint density at radius 3 is 2.90 bits per heavy atom. The monoisotopic (exact) mass is 289 g/mol. The van der Waals surface area contributed by atoms with Gasteiger partial charge in [-0.2, -0.15) is 0 Å². The van der Waals surface area contributed by atoms with Crippen molar-refractivity contribution in [2.75, 3.05) is 0 Å². The molecule has 0 amide bonds. The van der Waals surface area contributed by atoms with Gasteiger partial charge < -0.3 is 9.15 Å².